The third kappa shape index (κ3) is 2.10. The summed E-state index contributed by atoms with van der Waals surface area (Å²) in [6.07, 6.45) is 0. The summed E-state index contributed by atoms with van der Waals surface area (Å²) in [6, 6.07) is 5.23. The van der Waals surface area contributed by atoms with E-state index < -0.39 is 5.97 Å². The summed E-state index contributed by atoms with van der Waals surface area (Å²) in [5.74, 6) is -0.930. The number of hydrogen-bond donors (Lipinski definition) is 2. The minimum absolute atomic E-state index is 0.0808. The van der Waals surface area contributed by atoms with Crippen molar-refractivity contribution >= 4 is 18.6 Å². The minimum Gasteiger partial charge on any atom is -0.478 e. The summed E-state index contributed by atoms with van der Waals surface area (Å²) >= 11 is 4.26. The van der Waals surface area contributed by atoms with Crippen LogP contribution in [0, 0.1) is 0 Å². The molecule has 0 spiro atoms. The monoisotopic (exact) mass is 210 g/mol. The lowest BCUT2D eigenvalue weighted by molar-refractivity contribution is 0.0693. The van der Waals surface area contributed by atoms with Gasteiger partial charge in [-0.15, -0.1) is 12.6 Å². The minimum atomic E-state index is -0.930. The van der Waals surface area contributed by atoms with Gasteiger partial charge in [-0.05, 0) is 17.0 Å². The maximum absolute atomic E-state index is 10.9. The number of benzene rings is 1. The van der Waals surface area contributed by atoms with E-state index in [1.165, 1.54) is 0 Å². The fraction of sp³-hybridized carbons (Fsp3) is 0.364. The predicted molar refractivity (Wildman–Crippen MR) is 59.4 cm³/mol. The molecular weight excluding hydrogens is 196 g/mol. The Kier molecular flexibility index (Phi) is 2.90. The topological polar surface area (TPSA) is 37.3 Å². The summed E-state index contributed by atoms with van der Waals surface area (Å²) in [4.78, 5) is 11.4. The van der Waals surface area contributed by atoms with Gasteiger partial charge < -0.3 is 5.11 Å². The number of rotatable bonds is 1. The van der Waals surface area contributed by atoms with Crippen molar-refractivity contribution in [3.8, 4) is 0 Å². The Morgan fingerprint density at radius 1 is 1.36 bits per heavy atom. The van der Waals surface area contributed by atoms with E-state index >= 15 is 0 Å². The Bertz CT molecular complexity index is 364. The molecule has 0 aliphatic carbocycles. The molecule has 2 nitrogen and oxygen atoms in total. The Morgan fingerprint density at radius 2 is 1.93 bits per heavy atom. The van der Waals surface area contributed by atoms with Gasteiger partial charge in [-0.1, -0.05) is 32.9 Å². The molecule has 0 radical (unpaired) electrons. The van der Waals surface area contributed by atoms with Gasteiger partial charge in [0.2, 0.25) is 0 Å². The van der Waals surface area contributed by atoms with E-state index in [4.69, 9.17) is 5.11 Å². The maximum Gasteiger partial charge on any atom is 0.336 e. The number of carboxylic acids is 1. The summed E-state index contributed by atoms with van der Waals surface area (Å²) < 4.78 is 0. The van der Waals surface area contributed by atoms with Gasteiger partial charge in [0.05, 0.1) is 5.56 Å². The van der Waals surface area contributed by atoms with Gasteiger partial charge in [-0.3, -0.25) is 0 Å². The Morgan fingerprint density at radius 3 is 2.36 bits per heavy atom. The van der Waals surface area contributed by atoms with E-state index in [2.05, 4.69) is 12.6 Å². The normalized spacial score (nSPS) is 11.4. The quantitative estimate of drug-likeness (QED) is 0.699. The zero-order valence-electron chi connectivity index (χ0n) is 8.53. The molecule has 1 aromatic carbocycles. The smallest absolute Gasteiger partial charge is 0.336 e. The lowest BCUT2D eigenvalue weighted by Crippen LogP contribution is -2.14. The predicted octanol–water partition coefficient (Wildman–Crippen LogP) is 2.97. The van der Waals surface area contributed by atoms with Crippen LogP contribution in [-0.2, 0) is 5.41 Å². The van der Waals surface area contributed by atoms with Gasteiger partial charge in [-0.25, -0.2) is 4.79 Å². The van der Waals surface area contributed by atoms with Crippen LogP contribution >= 0.6 is 12.6 Å². The molecule has 14 heavy (non-hydrogen) atoms. The van der Waals surface area contributed by atoms with Crippen molar-refractivity contribution in [2.75, 3.05) is 0 Å². The molecule has 0 bridgehead atoms. The molecule has 0 aliphatic rings. The van der Waals surface area contributed by atoms with E-state index in [0.29, 0.717) is 4.90 Å². The molecule has 0 aliphatic heterocycles. The van der Waals surface area contributed by atoms with Crippen LogP contribution in [0.3, 0.4) is 0 Å². The second-order valence-electron chi connectivity index (χ2n) is 4.26. The van der Waals surface area contributed by atoms with Crippen molar-refractivity contribution in [3.05, 3.63) is 29.3 Å². The number of hydrogen-bond acceptors (Lipinski definition) is 2. The third-order valence-corrected chi connectivity index (χ3v) is 2.56. The molecular formula is C11H14O2S. The highest BCUT2D eigenvalue weighted by Crippen LogP contribution is 2.30. The molecule has 0 unspecified atom stereocenters. The van der Waals surface area contributed by atoms with Crippen LogP contribution in [0.4, 0.5) is 0 Å². The molecule has 0 saturated carbocycles. The van der Waals surface area contributed by atoms with Gasteiger partial charge in [0, 0.05) is 4.90 Å². The zero-order valence-corrected chi connectivity index (χ0v) is 9.43. The van der Waals surface area contributed by atoms with Gasteiger partial charge in [0.1, 0.15) is 0 Å². The van der Waals surface area contributed by atoms with Crippen molar-refractivity contribution in [3.63, 3.8) is 0 Å². The Labute approximate surface area is 89.4 Å². The third-order valence-electron chi connectivity index (χ3n) is 2.07. The molecule has 76 valence electrons. The van der Waals surface area contributed by atoms with Gasteiger partial charge in [-0.2, -0.15) is 0 Å². The van der Waals surface area contributed by atoms with Crippen LogP contribution < -0.4 is 0 Å². The van der Waals surface area contributed by atoms with Crippen molar-refractivity contribution in [2.24, 2.45) is 0 Å². The fourth-order valence-electron chi connectivity index (χ4n) is 1.32. The number of thiol groups is 1. The van der Waals surface area contributed by atoms with Crippen molar-refractivity contribution in [2.45, 2.75) is 31.1 Å². The standard InChI is InChI=1S/C11H14O2S/c1-11(2,3)8-6-4-5-7(9(8)14)10(12)13/h4-6,14H,1-3H3,(H,12,13). The van der Waals surface area contributed by atoms with Crippen molar-refractivity contribution in [1.82, 2.24) is 0 Å². The van der Waals surface area contributed by atoms with Gasteiger partial charge >= 0.3 is 5.97 Å². The second kappa shape index (κ2) is 3.65. The van der Waals surface area contributed by atoms with E-state index in [0.717, 1.165) is 5.56 Å². The number of carboxylic acid groups (broad SMARTS) is 1. The lowest BCUT2D eigenvalue weighted by atomic mass is 9.86. The van der Waals surface area contributed by atoms with Crippen molar-refractivity contribution in [1.29, 1.82) is 0 Å². The molecule has 1 rings (SSSR count). The zero-order chi connectivity index (χ0) is 10.9. The van der Waals surface area contributed by atoms with E-state index in [9.17, 15) is 4.79 Å². The van der Waals surface area contributed by atoms with Crippen LogP contribution in [0.2, 0.25) is 0 Å². The highest BCUT2D eigenvalue weighted by Gasteiger charge is 2.20. The van der Waals surface area contributed by atoms with Gasteiger partial charge in [0.15, 0.2) is 0 Å². The maximum atomic E-state index is 10.9. The summed E-state index contributed by atoms with van der Waals surface area (Å²) in [7, 11) is 0. The number of aromatic carboxylic acids is 1. The average molecular weight is 210 g/mol. The molecule has 0 atom stereocenters. The fourth-order valence-corrected chi connectivity index (χ4v) is 1.90. The average Bonchev–Trinajstić information content (AvgIpc) is 2.01. The Hall–Kier alpha value is -0.960. The summed E-state index contributed by atoms with van der Waals surface area (Å²) in [5, 5.41) is 8.91. The molecule has 0 saturated heterocycles. The van der Waals surface area contributed by atoms with Gasteiger partial charge in [0.25, 0.3) is 0 Å². The second-order valence-corrected chi connectivity index (χ2v) is 4.70. The highest BCUT2D eigenvalue weighted by molar-refractivity contribution is 7.80. The summed E-state index contributed by atoms with van der Waals surface area (Å²) in [5.41, 5.74) is 1.14. The first-order valence-corrected chi connectivity index (χ1v) is 4.84. The molecule has 1 aromatic rings. The lowest BCUT2D eigenvalue weighted by Gasteiger charge is -2.21. The van der Waals surface area contributed by atoms with Crippen LogP contribution in [0.15, 0.2) is 23.1 Å². The largest absolute Gasteiger partial charge is 0.478 e. The van der Waals surface area contributed by atoms with Crippen LogP contribution in [-0.4, -0.2) is 11.1 Å². The molecule has 0 amide bonds. The van der Waals surface area contributed by atoms with E-state index in [-0.39, 0.29) is 11.0 Å². The molecule has 0 aromatic heterocycles. The number of carbonyl (C=O) groups is 1. The van der Waals surface area contributed by atoms with Crippen LogP contribution in [0.25, 0.3) is 0 Å². The van der Waals surface area contributed by atoms with Crippen molar-refractivity contribution < 1.29 is 9.90 Å². The molecule has 1 N–H and O–H groups in total. The molecule has 0 heterocycles. The van der Waals surface area contributed by atoms with Crippen LogP contribution in [0.1, 0.15) is 36.7 Å². The highest BCUT2D eigenvalue weighted by atomic mass is 32.1. The first kappa shape index (κ1) is 11.1. The SMILES string of the molecule is CC(C)(C)c1cccc(C(=O)O)c1S. The van der Waals surface area contributed by atoms with Crippen LogP contribution in [0.5, 0.6) is 0 Å². The Balaban J connectivity index is 3.35. The first-order chi connectivity index (χ1) is 6.34. The van der Waals surface area contributed by atoms with E-state index in [1.54, 1.807) is 12.1 Å². The van der Waals surface area contributed by atoms with E-state index in [1.807, 2.05) is 26.8 Å². The first-order valence-electron chi connectivity index (χ1n) is 4.40. The molecule has 0 fully saturated rings. The summed E-state index contributed by atoms with van der Waals surface area (Å²) in [6.45, 7) is 6.11. The molecule has 3 heteroatoms.